The average Bonchev–Trinajstić information content (AvgIpc) is 3.03. The number of nitrogens with zero attached hydrogens (tertiary/aromatic N) is 1. The fourth-order valence-electron chi connectivity index (χ4n) is 2.57. The zero-order valence-corrected chi connectivity index (χ0v) is 14.6. The topological polar surface area (TPSA) is 67.9 Å². The Bertz CT molecular complexity index is 838. The van der Waals surface area contributed by atoms with Crippen LogP contribution >= 0.6 is 11.6 Å². The molecule has 1 N–H and O–H groups in total. The summed E-state index contributed by atoms with van der Waals surface area (Å²) in [7, 11) is 0. The SMILES string of the molecule is CC(=O)N(CC(=O)Nc1ccc2c(c1)OCO2)c1cccc(Cl)c1C. The normalized spacial score (nSPS) is 12.0. The van der Waals surface area contributed by atoms with Gasteiger partial charge in [0.25, 0.3) is 0 Å². The lowest BCUT2D eigenvalue weighted by Crippen LogP contribution is -2.37. The van der Waals surface area contributed by atoms with Gasteiger partial charge in [-0.25, -0.2) is 0 Å². The molecular formula is C18H17ClN2O4. The molecule has 1 aliphatic rings. The van der Waals surface area contributed by atoms with Gasteiger partial charge in [0.2, 0.25) is 18.6 Å². The van der Waals surface area contributed by atoms with Gasteiger partial charge in [-0.05, 0) is 36.8 Å². The molecule has 0 fully saturated rings. The monoisotopic (exact) mass is 360 g/mol. The predicted molar refractivity (Wildman–Crippen MR) is 95.4 cm³/mol. The van der Waals surface area contributed by atoms with E-state index < -0.39 is 0 Å². The highest BCUT2D eigenvalue weighted by Gasteiger charge is 2.19. The highest BCUT2D eigenvalue weighted by Crippen LogP contribution is 2.34. The fraction of sp³-hybridized carbons (Fsp3) is 0.222. The summed E-state index contributed by atoms with van der Waals surface area (Å²) >= 11 is 6.12. The molecule has 2 amide bonds. The molecule has 0 aromatic heterocycles. The molecule has 2 aromatic carbocycles. The Labute approximate surface area is 150 Å². The molecule has 2 aromatic rings. The molecule has 1 aliphatic heterocycles. The first-order valence-electron chi connectivity index (χ1n) is 7.68. The number of carbonyl (C=O) groups excluding carboxylic acids is 2. The van der Waals surface area contributed by atoms with Crippen LogP contribution in [-0.2, 0) is 9.59 Å². The number of nitrogens with one attached hydrogen (secondary N) is 1. The Balaban J connectivity index is 1.75. The minimum absolute atomic E-state index is 0.120. The molecule has 0 bridgehead atoms. The highest BCUT2D eigenvalue weighted by atomic mass is 35.5. The maximum atomic E-state index is 12.4. The van der Waals surface area contributed by atoms with E-state index in [9.17, 15) is 9.59 Å². The zero-order valence-electron chi connectivity index (χ0n) is 13.8. The van der Waals surface area contributed by atoms with Crippen molar-refractivity contribution in [3.05, 3.63) is 47.0 Å². The Morgan fingerprint density at radius 2 is 1.96 bits per heavy atom. The number of carbonyl (C=O) groups is 2. The van der Waals surface area contributed by atoms with E-state index in [0.717, 1.165) is 5.56 Å². The number of anilines is 2. The van der Waals surface area contributed by atoms with Crippen LogP contribution in [-0.4, -0.2) is 25.2 Å². The van der Waals surface area contributed by atoms with Crippen LogP contribution in [0.4, 0.5) is 11.4 Å². The highest BCUT2D eigenvalue weighted by molar-refractivity contribution is 6.31. The van der Waals surface area contributed by atoms with Gasteiger partial charge in [0, 0.05) is 29.4 Å². The van der Waals surface area contributed by atoms with Crippen molar-refractivity contribution in [1.29, 1.82) is 0 Å². The van der Waals surface area contributed by atoms with Crippen LogP contribution in [0.15, 0.2) is 36.4 Å². The second-order valence-electron chi connectivity index (χ2n) is 5.61. The molecule has 1 heterocycles. The minimum atomic E-state index is -0.326. The second kappa shape index (κ2) is 7.03. The third-order valence-electron chi connectivity index (χ3n) is 3.87. The van der Waals surface area contributed by atoms with Crippen LogP contribution in [0, 0.1) is 6.92 Å². The predicted octanol–water partition coefficient (Wildman–Crippen LogP) is 3.37. The van der Waals surface area contributed by atoms with Crippen LogP contribution in [0.1, 0.15) is 12.5 Å². The molecule has 0 unspecified atom stereocenters. The van der Waals surface area contributed by atoms with Gasteiger partial charge in [-0.15, -0.1) is 0 Å². The number of hydrogen-bond donors (Lipinski definition) is 1. The minimum Gasteiger partial charge on any atom is -0.454 e. The molecule has 6 nitrogen and oxygen atoms in total. The Morgan fingerprint density at radius 1 is 1.20 bits per heavy atom. The number of rotatable bonds is 4. The Morgan fingerprint density at radius 3 is 2.72 bits per heavy atom. The molecule has 3 rings (SSSR count). The maximum Gasteiger partial charge on any atom is 0.244 e. The lowest BCUT2D eigenvalue weighted by molar-refractivity contribution is -0.120. The summed E-state index contributed by atoms with van der Waals surface area (Å²) in [5, 5.41) is 3.30. The lowest BCUT2D eigenvalue weighted by Gasteiger charge is -2.23. The van der Waals surface area contributed by atoms with Crippen molar-refractivity contribution in [2.45, 2.75) is 13.8 Å². The number of hydrogen-bond acceptors (Lipinski definition) is 4. The molecule has 0 saturated heterocycles. The zero-order chi connectivity index (χ0) is 18.0. The van der Waals surface area contributed by atoms with Crippen LogP contribution in [0.3, 0.4) is 0 Å². The first kappa shape index (κ1) is 17.1. The number of benzene rings is 2. The summed E-state index contributed by atoms with van der Waals surface area (Å²) in [5.74, 6) is 0.643. The lowest BCUT2D eigenvalue weighted by atomic mass is 10.1. The van der Waals surface area contributed by atoms with Crippen molar-refractivity contribution in [2.75, 3.05) is 23.6 Å². The molecule has 0 aliphatic carbocycles. The van der Waals surface area contributed by atoms with E-state index in [4.69, 9.17) is 21.1 Å². The summed E-state index contributed by atoms with van der Waals surface area (Å²) < 4.78 is 10.5. The second-order valence-corrected chi connectivity index (χ2v) is 6.01. The first-order chi connectivity index (χ1) is 12.0. The number of halogens is 1. The van der Waals surface area contributed by atoms with Gasteiger partial charge < -0.3 is 19.7 Å². The van der Waals surface area contributed by atoms with E-state index in [1.165, 1.54) is 11.8 Å². The van der Waals surface area contributed by atoms with Gasteiger partial charge in [0.1, 0.15) is 6.54 Å². The van der Waals surface area contributed by atoms with Crippen molar-refractivity contribution < 1.29 is 19.1 Å². The van der Waals surface area contributed by atoms with Gasteiger partial charge in [0.15, 0.2) is 11.5 Å². The Hall–Kier alpha value is -2.73. The van der Waals surface area contributed by atoms with Crippen LogP contribution in [0.2, 0.25) is 5.02 Å². The van der Waals surface area contributed by atoms with E-state index in [-0.39, 0.29) is 25.2 Å². The van der Waals surface area contributed by atoms with Gasteiger partial charge in [-0.2, -0.15) is 0 Å². The van der Waals surface area contributed by atoms with Crippen molar-refractivity contribution in [3.63, 3.8) is 0 Å². The van der Waals surface area contributed by atoms with Crippen molar-refractivity contribution >= 4 is 34.8 Å². The van der Waals surface area contributed by atoms with E-state index in [1.54, 1.807) is 36.4 Å². The summed E-state index contributed by atoms with van der Waals surface area (Å²) in [4.78, 5) is 25.8. The quantitative estimate of drug-likeness (QED) is 0.907. The first-order valence-corrected chi connectivity index (χ1v) is 8.06. The summed E-state index contributed by atoms with van der Waals surface area (Å²) in [6.45, 7) is 3.27. The third kappa shape index (κ3) is 3.69. The average molecular weight is 361 g/mol. The van der Waals surface area contributed by atoms with Gasteiger partial charge in [-0.1, -0.05) is 17.7 Å². The van der Waals surface area contributed by atoms with Crippen LogP contribution in [0.25, 0.3) is 0 Å². The van der Waals surface area contributed by atoms with Crippen LogP contribution < -0.4 is 19.7 Å². The molecule has 25 heavy (non-hydrogen) atoms. The maximum absolute atomic E-state index is 12.4. The van der Waals surface area contributed by atoms with Gasteiger partial charge >= 0.3 is 0 Å². The fourth-order valence-corrected chi connectivity index (χ4v) is 2.74. The summed E-state index contributed by atoms with van der Waals surface area (Å²) in [6.07, 6.45) is 0. The van der Waals surface area contributed by atoms with E-state index in [2.05, 4.69) is 5.32 Å². The standard InChI is InChI=1S/C18H17ClN2O4/c1-11-14(19)4-3-5-15(11)21(12(2)22)9-18(23)20-13-6-7-16-17(8-13)25-10-24-16/h3-8H,9-10H2,1-2H3,(H,20,23). The van der Waals surface area contributed by atoms with Gasteiger partial charge in [0.05, 0.1) is 0 Å². The third-order valence-corrected chi connectivity index (χ3v) is 4.28. The van der Waals surface area contributed by atoms with Crippen molar-refractivity contribution in [2.24, 2.45) is 0 Å². The molecule has 0 radical (unpaired) electrons. The van der Waals surface area contributed by atoms with Crippen LogP contribution in [0.5, 0.6) is 11.5 Å². The van der Waals surface area contributed by atoms with E-state index in [1.807, 2.05) is 6.92 Å². The molecule has 0 spiro atoms. The number of amides is 2. The van der Waals surface area contributed by atoms with E-state index >= 15 is 0 Å². The van der Waals surface area contributed by atoms with Crippen molar-refractivity contribution in [1.82, 2.24) is 0 Å². The number of ether oxygens (including phenoxy) is 2. The summed E-state index contributed by atoms with van der Waals surface area (Å²) in [6, 6.07) is 10.4. The van der Waals surface area contributed by atoms with Crippen molar-refractivity contribution in [3.8, 4) is 11.5 Å². The molecule has 130 valence electrons. The van der Waals surface area contributed by atoms with Gasteiger partial charge in [-0.3, -0.25) is 9.59 Å². The molecule has 7 heteroatoms. The number of fused-ring (bicyclic) bond motifs is 1. The summed E-state index contributed by atoms with van der Waals surface area (Å²) in [5.41, 5.74) is 1.93. The van der Waals surface area contributed by atoms with E-state index in [0.29, 0.717) is 27.9 Å². The molecular weight excluding hydrogens is 344 g/mol. The molecule has 0 saturated carbocycles. The molecule has 0 atom stereocenters. The Kier molecular flexibility index (Phi) is 4.81. The smallest absolute Gasteiger partial charge is 0.244 e. The largest absolute Gasteiger partial charge is 0.454 e.